The minimum Gasteiger partial charge on any atom is -0.790 e. The average molecular weight is 328 g/mol. The quantitative estimate of drug-likeness (QED) is 0.390. The van der Waals surface area contributed by atoms with Gasteiger partial charge >= 0.3 is 59.1 Å². The zero-order valence-electron chi connectivity index (χ0n) is 12.8. The van der Waals surface area contributed by atoms with Gasteiger partial charge in [-0.3, -0.25) is 0 Å². The number of aliphatic hydroxyl groups is 2. The summed E-state index contributed by atoms with van der Waals surface area (Å²) in [7, 11) is -5.24. The molecule has 0 spiro atoms. The third-order valence-electron chi connectivity index (χ3n) is 3.53. The molecule has 1 aliphatic heterocycles. The molecule has 0 aromatic rings. The van der Waals surface area contributed by atoms with E-state index in [0.717, 1.165) is 0 Å². The molecule has 3 atom stereocenters. The second kappa shape index (κ2) is 8.20. The summed E-state index contributed by atoms with van der Waals surface area (Å²) in [5.74, 6) is 0. The molecule has 1 aliphatic rings. The molecule has 1 unspecified atom stereocenters. The summed E-state index contributed by atoms with van der Waals surface area (Å²) in [6.45, 7) is 6.03. The Balaban J connectivity index is 0. The Morgan fingerprint density at radius 3 is 2.00 bits per heavy atom. The molecule has 0 saturated carbocycles. The van der Waals surface area contributed by atoms with E-state index in [1.807, 2.05) is 0 Å². The van der Waals surface area contributed by atoms with E-state index in [4.69, 9.17) is 4.74 Å². The SMILES string of the molecule is CC1(C)C(CO)O[C@@H](OP(=O)([O-])[O-])C(C)(C)[C@H]1O.[Na+].[Na+]. The van der Waals surface area contributed by atoms with E-state index in [1.165, 1.54) is 13.8 Å². The van der Waals surface area contributed by atoms with Crippen LogP contribution in [0.25, 0.3) is 0 Å². The standard InChI is InChI=1S/C10H21O7P.2Na/c1-9(2)6(5-11)16-8(17-18(13,14)15)10(3,4)7(9)12;;/h6-8,11-12H,5H2,1-4H3,(H2,13,14,15);;/q;2*+1/p-2/t6?,7-,8-;;/m0../s1. The first kappa shape index (κ1) is 24.2. The molecule has 1 heterocycles. The first-order valence-electron chi connectivity index (χ1n) is 5.57. The van der Waals surface area contributed by atoms with Gasteiger partial charge < -0.3 is 33.8 Å². The fraction of sp³-hybridized carbons (Fsp3) is 1.00. The van der Waals surface area contributed by atoms with Crippen molar-refractivity contribution in [1.29, 1.82) is 0 Å². The number of aliphatic hydroxyl groups excluding tert-OH is 2. The van der Waals surface area contributed by atoms with Crippen LogP contribution in [0.2, 0.25) is 0 Å². The molecule has 10 heteroatoms. The molecule has 0 bridgehead atoms. The molecule has 0 amide bonds. The first-order valence-corrected chi connectivity index (χ1v) is 7.04. The number of rotatable bonds is 3. The van der Waals surface area contributed by atoms with Crippen LogP contribution in [0.4, 0.5) is 0 Å². The summed E-state index contributed by atoms with van der Waals surface area (Å²) < 4.78 is 20.3. The van der Waals surface area contributed by atoms with E-state index in [1.54, 1.807) is 13.8 Å². The number of phosphoric ester groups is 1. The van der Waals surface area contributed by atoms with Crippen molar-refractivity contribution < 1.29 is 92.9 Å². The Kier molecular flexibility index (Phi) is 9.94. The van der Waals surface area contributed by atoms with Crippen molar-refractivity contribution in [1.82, 2.24) is 0 Å². The monoisotopic (exact) mass is 328 g/mol. The molecule has 1 rings (SSSR count). The summed E-state index contributed by atoms with van der Waals surface area (Å²) in [5, 5.41) is 19.5. The van der Waals surface area contributed by atoms with Crippen molar-refractivity contribution in [2.75, 3.05) is 6.61 Å². The molecule has 2 N–H and O–H groups in total. The van der Waals surface area contributed by atoms with Crippen molar-refractivity contribution in [3.63, 3.8) is 0 Å². The predicted octanol–water partition coefficient (Wildman–Crippen LogP) is -7.03. The molecule has 0 aliphatic carbocycles. The minimum atomic E-state index is -5.24. The van der Waals surface area contributed by atoms with Gasteiger partial charge in [-0.15, -0.1) is 0 Å². The summed E-state index contributed by atoms with van der Waals surface area (Å²) in [5.41, 5.74) is -1.90. The molecule has 108 valence electrons. The van der Waals surface area contributed by atoms with E-state index in [2.05, 4.69) is 4.52 Å². The third-order valence-corrected chi connectivity index (χ3v) is 3.98. The van der Waals surface area contributed by atoms with Crippen molar-refractivity contribution in [3.8, 4) is 0 Å². The largest absolute Gasteiger partial charge is 1.00 e. The van der Waals surface area contributed by atoms with Crippen LogP contribution < -0.4 is 68.9 Å². The van der Waals surface area contributed by atoms with Gasteiger partial charge in [0.05, 0.1) is 26.6 Å². The Labute approximate surface area is 163 Å². The zero-order valence-corrected chi connectivity index (χ0v) is 17.7. The van der Waals surface area contributed by atoms with Crippen LogP contribution in [0.5, 0.6) is 0 Å². The van der Waals surface area contributed by atoms with Crippen molar-refractivity contribution in [2.45, 2.75) is 46.2 Å². The van der Waals surface area contributed by atoms with Gasteiger partial charge in [0, 0.05) is 10.8 Å². The second-order valence-electron chi connectivity index (χ2n) is 5.74. The van der Waals surface area contributed by atoms with Crippen molar-refractivity contribution in [3.05, 3.63) is 0 Å². The maximum Gasteiger partial charge on any atom is 1.00 e. The van der Waals surface area contributed by atoms with Crippen molar-refractivity contribution >= 4 is 7.82 Å². The number of hydrogen-bond donors (Lipinski definition) is 2. The van der Waals surface area contributed by atoms with E-state index in [-0.39, 0.29) is 59.1 Å². The van der Waals surface area contributed by atoms with E-state index in [9.17, 15) is 24.6 Å². The number of ether oxygens (including phenoxy) is 1. The van der Waals surface area contributed by atoms with Crippen LogP contribution in [0.15, 0.2) is 0 Å². The summed E-state index contributed by atoms with van der Waals surface area (Å²) in [6.07, 6.45) is -3.25. The Morgan fingerprint density at radius 1 is 1.20 bits per heavy atom. The van der Waals surface area contributed by atoms with Crippen molar-refractivity contribution in [2.24, 2.45) is 10.8 Å². The Morgan fingerprint density at radius 2 is 1.65 bits per heavy atom. The third kappa shape index (κ3) is 5.27. The fourth-order valence-electron chi connectivity index (χ4n) is 2.32. The summed E-state index contributed by atoms with van der Waals surface area (Å²) in [4.78, 5) is 21.4. The van der Waals surface area contributed by atoms with Gasteiger partial charge in [-0.05, 0) is 0 Å². The van der Waals surface area contributed by atoms with Gasteiger partial charge in [-0.25, -0.2) is 0 Å². The van der Waals surface area contributed by atoms with E-state index in [0.29, 0.717) is 0 Å². The number of phosphoric acid groups is 1. The Hall–Kier alpha value is 1.99. The van der Waals surface area contributed by atoms with Crippen LogP contribution in [-0.2, 0) is 13.8 Å². The van der Waals surface area contributed by atoms with Gasteiger partial charge in [-0.1, -0.05) is 27.7 Å². The Bertz CT molecular complexity index is 358. The van der Waals surface area contributed by atoms with E-state index < -0.39 is 43.8 Å². The average Bonchev–Trinajstić information content (AvgIpc) is 2.18. The summed E-state index contributed by atoms with van der Waals surface area (Å²) in [6, 6.07) is 0. The molecule has 20 heavy (non-hydrogen) atoms. The van der Waals surface area contributed by atoms with Crippen LogP contribution in [0, 0.1) is 10.8 Å². The fourth-order valence-corrected chi connectivity index (χ4v) is 2.88. The van der Waals surface area contributed by atoms with Gasteiger partial charge in [0.15, 0.2) is 6.29 Å². The van der Waals surface area contributed by atoms with Gasteiger partial charge in [0.25, 0.3) is 0 Å². The molecule has 0 aromatic carbocycles. The molecule has 7 nitrogen and oxygen atoms in total. The second-order valence-corrected chi connectivity index (χ2v) is 6.84. The molecular weight excluding hydrogens is 309 g/mol. The first-order chi connectivity index (χ1) is 7.93. The normalized spacial score (nSPS) is 31.9. The molecule has 0 radical (unpaired) electrons. The molecule has 1 fully saturated rings. The zero-order chi connectivity index (χ0) is 14.4. The maximum atomic E-state index is 10.7. The topological polar surface area (TPSA) is 122 Å². The molecule has 0 aromatic heterocycles. The minimum absolute atomic E-state index is 0. The maximum absolute atomic E-state index is 10.7. The summed E-state index contributed by atoms with van der Waals surface area (Å²) >= 11 is 0. The van der Waals surface area contributed by atoms with Crippen LogP contribution in [-0.4, -0.2) is 35.3 Å². The van der Waals surface area contributed by atoms with E-state index >= 15 is 0 Å². The van der Waals surface area contributed by atoms with Gasteiger partial charge in [0.2, 0.25) is 0 Å². The van der Waals surface area contributed by atoms with Crippen LogP contribution in [0.1, 0.15) is 27.7 Å². The van der Waals surface area contributed by atoms with Gasteiger partial charge in [0.1, 0.15) is 0 Å². The molecular formula is C10H19Na2O7P. The van der Waals surface area contributed by atoms with Crippen LogP contribution in [0.3, 0.4) is 0 Å². The smallest absolute Gasteiger partial charge is 0.790 e. The van der Waals surface area contributed by atoms with Crippen LogP contribution >= 0.6 is 7.82 Å². The van der Waals surface area contributed by atoms with Gasteiger partial charge in [-0.2, -0.15) is 0 Å². The molecule has 1 saturated heterocycles. The number of hydrogen-bond acceptors (Lipinski definition) is 7. The predicted molar refractivity (Wildman–Crippen MR) is 58.0 cm³/mol.